The molecule has 0 spiro atoms. The van der Waals surface area contributed by atoms with E-state index in [-0.39, 0.29) is 11.5 Å². The first-order valence-corrected chi connectivity index (χ1v) is 8.47. The monoisotopic (exact) mass is 323 g/mol. The Kier molecular flexibility index (Phi) is 5.05. The predicted octanol–water partition coefficient (Wildman–Crippen LogP) is 2.06. The van der Waals surface area contributed by atoms with Crippen molar-refractivity contribution >= 4 is 32.7 Å². The van der Waals surface area contributed by atoms with Crippen molar-refractivity contribution in [2.75, 3.05) is 6.61 Å². The summed E-state index contributed by atoms with van der Waals surface area (Å²) in [5.41, 5.74) is 1.85. The van der Waals surface area contributed by atoms with E-state index in [1.165, 1.54) is 0 Å². The van der Waals surface area contributed by atoms with Crippen LogP contribution in [-0.2, 0) is 10.0 Å². The highest BCUT2D eigenvalue weighted by Crippen LogP contribution is 2.23. The van der Waals surface area contributed by atoms with Gasteiger partial charge in [-0.25, -0.2) is 13.1 Å². The number of hydrogen-bond donors (Lipinski definition) is 2. The lowest BCUT2D eigenvalue weighted by atomic mass is 9.97. The minimum atomic E-state index is -3.61. The molecule has 0 unspecified atom stereocenters. The van der Waals surface area contributed by atoms with E-state index in [0.717, 1.165) is 22.4 Å². The summed E-state index contributed by atoms with van der Waals surface area (Å²) in [6.45, 7) is 1.36. The maximum absolute atomic E-state index is 12.1. The molecule has 1 aromatic carbocycles. The highest BCUT2D eigenvalue weighted by atomic mass is 32.2. The van der Waals surface area contributed by atoms with Gasteiger partial charge in [0.15, 0.2) is 0 Å². The Hall–Kier alpha value is -1.34. The average molecular weight is 323 g/mol. The van der Waals surface area contributed by atoms with Crippen LogP contribution in [0.1, 0.15) is 18.9 Å². The fourth-order valence-corrected chi connectivity index (χ4v) is 3.50. The van der Waals surface area contributed by atoms with Gasteiger partial charge in [0.05, 0.1) is 11.5 Å². The van der Waals surface area contributed by atoms with Gasteiger partial charge in [0.2, 0.25) is 10.0 Å². The Morgan fingerprint density at radius 1 is 1.33 bits per heavy atom. The van der Waals surface area contributed by atoms with Gasteiger partial charge in [0.25, 0.3) is 0 Å². The molecular weight excluding hydrogens is 306 g/mol. The van der Waals surface area contributed by atoms with Gasteiger partial charge in [0, 0.05) is 17.3 Å². The fraction of sp³-hybridized carbons (Fsp3) is 0.267. The second kappa shape index (κ2) is 6.62. The Labute approximate surface area is 130 Å². The van der Waals surface area contributed by atoms with E-state index in [2.05, 4.69) is 4.72 Å². The number of allylic oxidation sites excluding steroid dienone is 4. The quantitative estimate of drug-likeness (QED) is 0.814. The van der Waals surface area contributed by atoms with Gasteiger partial charge in [-0.3, -0.25) is 0 Å². The number of sulfonamides is 1. The summed E-state index contributed by atoms with van der Waals surface area (Å²) in [7, 11) is -3.61. The molecule has 1 atom stereocenters. The summed E-state index contributed by atoms with van der Waals surface area (Å²) >= 11 is 5.31. The SMILES string of the molecule is C[C@H](CO)NS(=O)(=O)c1ccc(C2=CC=CCC2=S)cc1. The molecule has 0 aromatic heterocycles. The maximum Gasteiger partial charge on any atom is 0.240 e. The van der Waals surface area contributed by atoms with E-state index in [9.17, 15) is 8.42 Å². The van der Waals surface area contributed by atoms with Gasteiger partial charge in [-0.05, 0) is 30.2 Å². The highest BCUT2D eigenvalue weighted by Gasteiger charge is 2.17. The second-order valence-electron chi connectivity index (χ2n) is 4.87. The van der Waals surface area contributed by atoms with Crippen LogP contribution in [0.15, 0.2) is 47.4 Å². The van der Waals surface area contributed by atoms with Crippen molar-refractivity contribution in [3.63, 3.8) is 0 Å². The molecule has 0 radical (unpaired) electrons. The maximum atomic E-state index is 12.1. The first-order chi connectivity index (χ1) is 9.94. The van der Waals surface area contributed by atoms with Gasteiger partial charge < -0.3 is 5.11 Å². The fourth-order valence-electron chi connectivity index (χ4n) is 1.98. The first kappa shape index (κ1) is 16.0. The molecular formula is C15H17NO3S2. The van der Waals surface area contributed by atoms with Gasteiger partial charge >= 0.3 is 0 Å². The smallest absolute Gasteiger partial charge is 0.240 e. The van der Waals surface area contributed by atoms with Crippen molar-refractivity contribution in [3.8, 4) is 0 Å². The summed E-state index contributed by atoms with van der Waals surface area (Å²) in [5.74, 6) is 0. The molecule has 2 N–H and O–H groups in total. The Morgan fingerprint density at radius 2 is 2.00 bits per heavy atom. The molecule has 21 heavy (non-hydrogen) atoms. The van der Waals surface area contributed by atoms with E-state index < -0.39 is 16.1 Å². The van der Waals surface area contributed by atoms with E-state index >= 15 is 0 Å². The summed E-state index contributed by atoms with van der Waals surface area (Å²) in [6.07, 6.45) is 6.60. The van der Waals surface area contributed by atoms with Crippen LogP contribution in [0.2, 0.25) is 0 Å². The molecule has 1 aliphatic carbocycles. The third-order valence-electron chi connectivity index (χ3n) is 3.11. The first-order valence-electron chi connectivity index (χ1n) is 6.57. The third kappa shape index (κ3) is 3.85. The molecule has 4 nitrogen and oxygen atoms in total. The van der Waals surface area contributed by atoms with Crippen molar-refractivity contribution in [3.05, 3.63) is 48.1 Å². The normalized spacial score (nSPS) is 16.7. The van der Waals surface area contributed by atoms with Crippen molar-refractivity contribution < 1.29 is 13.5 Å². The summed E-state index contributed by atoms with van der Waals surface area (Å²) < 4.78 is 26.6. The van der Waals surface area contributed by atoms with Gasteiger partial charge in [-0.15, -0.1) is 0 Å². The minimum Gasteiger partial charge on any atom is -0.395 e. The zero-order chi connectivity index (χ0) is 15.5. The van der Waals surface area contributed by atoms with Crippen molar-refractivity contribution in [2.45, 2.75) is 24.3 Å². The van der Waals surface area contributed by atoms with Gasteiger partial charge in [-0.1, -0.05) is 42.6 Å². The number of aliphatic hydroxyl groups is 1. The lowest BCUT2D eigenvalue weighted by Gasteiger charge is -2.13. The predicted molar refractivity (Wildman–Crippen MR) is 87.6 cm³/mol. The van der Waals surface area contributed by atoms with Gasteiger partial charge in [-0.2, -0.15) is 0 Å². The molecule has 112 valence electrons. The molecule has 0 bridgehead atoms. The van der Waals surface area contributed by atoms with E-state index in [0.29, 0.717) is 0 Å². The van der Waals surface area contributed by atoms with E-state index in [1.54, 1.807) is 31.2 Å². The number of hydrogen-bond acceptors (Lipinski definition) is 4. The lowest BCUT2D eigenvalue weighted by molar-refractivity contribution is 0.265. The van der Waals surface area contributed by atoms with Crippen LogP contribution in [0.4, 0.5) is 0 Å². The zero-order valence-corrected chi connectivity index (χ0v) is 13.2. The number of benzene rings is 1. The third-order valence-corrected chi connectivity index (χ3v) is 5.10. The minimum absolute atomic E-state index is 0.171. The Bertz CT molecular complexity index is 688. The topological polar surface area (TPSA) is 66.4 Å². The largest absolute Gasteiger partial charge is 0.395 e. The van der Waals surface area contributed by atoms with Crippen molar-refractivity contribution in [1.82, 2.24) is 4.72 Å². The van der Waals surface area contributed by atoms with Crippen molar-refractivity contribution in [2.24, 2.45) is 0 Å². The van der Waals surface area contributed by atoms with Crippen LogP contribution in [-0.4, -0.2) is 31.0 Å². The van der Waals surface area contributed by atoms with Crippen LogP contribution in [0, 0.1) is 0 Å². The standard InChI is InChI=1S/C15H17NO3S2/c1-11(10-17)16-21(18,19)13-8-6-12(7-9-13)14-4-2-3-5-15(14)20/h2-4,6-9,11,16-17H,5,10H2,1H3/t11-/m1/s1. The second-order valence-corrected chi connectivity index (χ2v) is 7.07. The molecule has 1 aliphatic rings. The summed E-state index contributed by atoms with van der Waals surface area (Å²) in [4.78, 5) is 1.02. The molecule has 2 rings (SSSR count). The van der Waals surface area contributed by atoms with E-state index in [1.807, 2.05) is 18.2 Å². The number of nitrogens with one attached hydrogen (secondary N) is 1. The molecule has 6 heteroatoms. The van der Waals surface area contributed by atoms with Crippen molar-refractivity contribution in [1.29, 1.82) is 0 Å². The Morgan fingerprint density at radius 3 is 2.57 bits per heavy atom. The molecule has 1 aromatic rings. The molecule has 0 fully saturated rings. The van der Waals surface area contributed by atoms with Crippen LogP contribution in [0.5, 0.6) is 0 Å². The molecule has 0 saturated heterocycles. The Balaban J connectivity index is 2.25. The summed E-state index contributed by atoms with van der Waals surface area (Å²) in [5, 5.41) is 8.93. The zero-order valence-electron chi connectivity index (χ0n) is 11.6. The van der Waals surface area contributed by atoms with Crippen LogP contribution >= 0.6 is 12.2 Å². The summed E-state index contributed by atoms with van der Waals surface area (Å²) in [6, 6.07) is 6.06. The van der Waals surface area contributed by atoms with Crippen LogP contribution in [0.3, 0.4) is 0 Å². The lowest BCUT2D eigenvalue weighted by Crippen LogP contribution is -2.34. The highest BCUT2D eigenvalue weighted by molar-refractivity contribution is 7.89. The van der Waals surface area contributed by atoms with Crippen LogP contribution in [0.25, 0.3) is 5.57 Å². The van der Waals surface area contributed by atoms with E-state index in [4.69, 9.17) is 17.3 Å². The van der Waals surface area contributed by atoms with Gasteiger partial charge in [0.1, 0.15) is 0 Å². The number of aliphatic hydroxyl groups excluding tert-OH is 1. The average Bonchev–Trinajstić information content (AvgIpc) is 2.47. The number of thiocarbonyl (C=S) groups is 1. The molecule has 0 saturated carbocycles. The molecule has 0 amide bonds. The van der Waals surface area contributed by atoms with Crippen LogP contribution < -0.4 is 4.72 Å². The molecule has 0 aliphatic heterocycles. The number of rotatable bonds is 5. The molecule has 0 heterocycles.